The number of aliphatic hydroxyl groups is 1. The lowest BCUT2D eigenvalue weighted by molar-refractivity contribution is -0.127. The van der Waals surface area contributed by atoms with Gasteiger partial charge in [0, 0.05) is 11.4 Å². The summed E-state index contributed by atoms with van der Waals surface area (Å²) >= 11 is 5.93. The van der Waals surface area contributed by atoms with Gasteiger partial charge in [0.05, 0.1) is 0 Å². The van der Waals surface area contributed by atoms with Gasteiger partial charge in [-0.3, -0.25) is 4.79 Å². The van der Waals surface area contributed by atoms with E-state index in [1.165, 1.54) is 0 Å². The summed E-state index contributed by atoms with van der Waals surface area (Å²) < 4.78 is 0. The zero-order chi connectivity index (χ0) is 10.8. The molecule has 1 N–H and O–H groups in total. The molecule has 1 fully saturated rings. The molecule has 0 bridgehead atoms. The summed E-state index contributed by atoms with van der Waals surface area (Å²) in [6.07, 6.45) is 1.38. The topological polar surface area (TPSA) is 37.3 Å². The van der Waals surface area contributed by atoms with Gasteiger partial charge in [0.25, 0.3) is 0 Å². The molecule has 0 aliphatic heterocycles. The van der Waals surface area contributed by atoms with Crippen molar-refractivity contribution in [2.75, 3.05) is 0 Å². The molecule has 1 saturated carbocycles. The first-order chi connectivity index (χ1) is 7.18. The molecule has 0 amide bonds. The van der Waals surface area contributed by atoms with Crippen molar-refractivity contribution in [3.05, 3.63) is 34.9 Å². The molecule has 1 aromatic rings. The predicted octanol–water partition coefficient (Wildman–Crippen LogP) is 2.22. The Hall–Kier alpha value is -0.860. The number of hydrogen-bond acceptors (Lipinski definition) is 2. The van der Waals surface area contributed by atoms with Crippen LogP contribution in [-0.4, -0.2) is 17.0 Å². The van der Waals surface area contributed by atoms with Gasteiger partial charge in [-0.1, -0.05) is 29.8 Å². The number of halogens is 1. The average molecular weight is 225 g/mol. The van der Waals surface area contributed by atoms with E-state index in [1.807, 2.05) is 18.2 Å². The van der Waals surface area contributed by atoms with Crippen LogP contribution in [0.5, 0.6) is 0 Å². The van der Waals surface area contributed by atoms with E-state index in [4.69, 9.17) is 11.6 Å². The van der Waals surface area contributed by atoms with Crippen molar-refractivity contribution < 1.29 is 9.90 Å². The van der Waals surface area contributed by atoms with Crippen molar-refractivity contribution in [2.24, 2.45) is 5.92 Å². The number of carbonyl (C=O) groups excluding carboxylic acids is 1. The second-order valence-electron chi connectivity index (χ2n) is 4.02. The fourth-order valence-electron chi connectivity index (χ4n) is 1.61. The number of rotatable bonds is 4. The van der Waals surface area contributed by atoms with Crippen LogP contribution in [0.25, 0.3) is 0 Å². The first-order valence-corrected chi connectivity index (χ1v) is 5.50. The highest BCUT2D eigenvalue weighted by Crippen LogP contribution is 2.33. The van der Waals surface area contributed by atoms with Gasteiger partial charge in [-0.25, -0.2) is 0 Å². The summed E-state index contributed by atoms with van der Waals surface area (Å²) in [6.45, 7) is 0. The normalized spacial score (nSPS) is 17.5. The zero-order valence-electron chi connectivity index (χ0n) is 8.32. The number of aliphatic hydroxyl groups excluding tert-OH is 1. The average Bonchev–Trinajstić information content (AvgIpc) is 3.04. The summed E-state index contributed by atoms with van der Waals surface area (Å²) in [7, 11) is 0. The van der Waals surface area contributed by atoms with Crippen LogP contribution in [0.3, 0.4) is 0 Å². The Morgan fingerprint density at radius 3 is 2.73 bits per heavy atom. The van der Waals surface area contributed by atoms with Gasteiger partial charge in [0.1, 0.15) is 6.10 Å². The lowest BCUT2D eigenvalue weighted by Gasteiger charge is -2.08. The van der Waals surface area contributed by atoms with Crippen LogP contribution in [0.15, 0.2) is 24.3 Å². The maximum absolute atomic E-state index is 11.6. The van der Waals surface area contributed by atoms with Crippen molar-refractivity contribution in [1.82, 2.24) is 0 Å². The lowest BCUT2D eigenvalue weighted by atomic mass is 10.0. The smallest absolute Gasteiger partial charge is 0.165 e. The molecule has 0 heterocycles. The lowest BCUT2D eigenvalue weighted by Crippen LogP contribution is -2.24. The van der Waals surface area contributed by atoms with E-state index in [1.54, 1.807) is 6.07 Å². The highest BCUT2D eigenvalue weighted by Gasteiger charge is 2.34. The molecular weight excluding hydrogens is 212 g/mol. The summed E-state index contributed by atoms with van der Waals surface area (Å²) in [4.78, 5) is 11.6. The van der Waals surface area contributed by atoms with Gasteiger partial charge >= 0.3 is 0 Å². The minimum Gasteiger partial charge on any atom is -0.385 e. The molecule has 0 aromatic heterocycles. The second kappa shape index (κ2) is 4.33. The van der Waals surface area contributed by atoms with Gasteiger partial charge in [-0.05, 0) is 30.4 Å². The Morgan fingerprint density at radius 2 is 2.13 bits per heavy atom. The van der Waals surface area contributed by atoms with Crippen molar-refractivity contribution in [2.45, 2.75) is 25.4 Å². The predicted molar refractivity (Wildman–Crippen MR) is 58.9 cm³/mol. The Kier molecular flexibility index (Phi) is 3.08. The summed E-state index contributed by atoms with van der Waals surface area (Å²) in [6, 6.07) is 7.25. The summed E-state index contributed by atoms with van der Waals surface area (Å²) in [5, 5.41) is 10.2. The molecule has 0 saturated heterocycles. The molecule has 0 radical (unpaired) electrons. The zero-order valence-corrected chi connectivity index (χ0v) is 9.07. The van der Waals surface area contributed by atoms with Crippen LogP contribution in [0, 0.1) is 5.92 Å². The van der Waals surface area contributed by atoms with Crippen LogP contribution >= 0.6 is 11.6 Å². The molecule has 2 nitrogen and oxygen atoms in total. The van der Waals surface area contributed by atoms with Gasteiger partial charge in [-0.2, -0.15) is 0 Å². The third-order valence-electron chi connectivity index (χ3n) is 2.72. The molecule has 1 aliphatic carbocycles. The van der Waals surface area contributed by atoms with Gasteiger partial charge in [0.2, 0.25) is 0 Å². The SMILES string of the molecule is O=C(Cc1ccccc1Cl)C(O)C1CC1. The van der Waals surface area contributed by atoms with Crippen molar-refractivity contribution >= 4 is 17.4 Å². The Labute approximate surface area is 93.9 Å². The van der Waals surface area contributed by atoms with E-state index >= 15 is 0 Å². The highest BCUT2D eigenvalue weighted by atomic mass is 35.5. The van der Waals surface area contributed by atoms with Crippen molar-refractivity contribution in [3.63, 3.8) is 0 Å². The molecule has 15 heavy (non-hydrogen) atoms. The van der Waals surface area contributed by atoms with Crippen LogP contribution in [0.1, 0.15) is 18.4 Å². The van der Waals surface area contributed by atoms with Crippen molar-refractivity contribution in [3.8, 4) is 0 Å². The third-order valence-corrected chi connectivity index (χ3v) is 3.09. The summed E-state index contributed by atoms with van der Waals surface area (Å²) in [5.41, 5.74) is 0.795. The first-order valence-electron chi connectivity index (χ1n) is 5.12. The van der Waals surface area contributed by atoms with Crippen LogP contribution in [0.2, 0.25) is 5.02 Å². The molecule has 1 atom stereocenters. The van der Waals surface area contributed by atoms with Gasteiger partial charge in [-0.15, -0.1) is 0 Å². The third kappa shape index (κ3) is 2.58. The minimum atomic E-state index is -0.790. The van der Waals surface area contributed by atoms with Crippen LogP contribution in [0.4, 0.5) is 0 Å². The van der Waals surface area contributed by atoms with E-state index < -0.39 is 6.10 Å². The Morgan fingerprint density at radius 1 is 1.47 bits per heavy atom. The highest BCUT2D eigenvalue weighted by molar-refractivity contribution is 6.31. The van der Waals surface area contributed by atoms with E-state index in [0.717, 1.165) is 18.4 Å². The maximum atomic E-state index is 11.6. The Balaban J connectivity index is 2.02. The number of hydrogen-bond donors (Lipinski definition) is 1. The molecule has 3 heteroatoms. The second-order valence-corrected chi connectivity index (χ2v) is 4.42. The standard InChI is InChI=1S/C12H13ClO2/c13-10-4-2-1-3-9(10)7-11(14)12(15)8-5-6-8/h1-4,8,12,15H,5-7H2. The molecule has 2 rings (SSSR count). The first kappa shape index (κ1) is 10.7. The van der Waals surface area contributed by atoms with E-state index in [2.05, 4.69) is 0 Å². The monoisotopic (exact) mass is 224 g/mol. The Bertz CT molecular complexity index is 372. The number of ketones is 1. The quantitative estimate of drug-likeness (QED) is 0.852. The fraction of sp³-hybridized carbons (Fsp3) is 0.417. The van der Waals surface area contributed by atoms with Crippen molar-refractivity contribution in [1.29, 1.82) is 0 Å². The number of Topliss-reactive ketones (excluding diaryl/α,β-unsaturated/α-hetero) is 1. The maximum Gasteiger partial charge on any atom is 0.165 e. The molecule has 1 aliphatic rings. The van der Waals surface area contributed by atoms with E-state index in [0.29, 0.717) is 5.02 Å². The largest absolute Gasteiger partial charge is 0.385 e. The number of benzene rings is 1. The van der Waals surface area contributed by atoms with E-state index in [9.17, 15) is 9.90 Å². The van der Waals surface area contributed by atoms with Gasteiger partial charge < -0.3 is 5.11 Å². The molecule has 0 spiro atoms. The van der Waals surface area contributed by atoms with E-state index in [-0.39, 0.29) is 18.1 Å². The molecule has 1 aromatic carbocycles. The fourth-order valence-corrected chi connectivity index (χ4v) is 1.81. The number of carbonyl (C=O) groups is 1. The van der Waals surface area contributed by atoms with Gasteiger partial charge in [0.15, 0.2) is 5.78 Å². The molecular formula is C12H13ClO2. The molecule has 80 valence electrons. The minimum absolute atomic E-state index is 0.120. The summed E-state index contributed by atoms with van der Waals surface area (Å²) in [5.74, 6) is 0.0746. The van der Waals surface area contributed by atoms with Crippen LogP contribution in [-0.2, 0) is 11.2 Å². The molecule has 1 unspecified atom stereocenters. The van der Waals surface area contributed by atoms with Crippen LogP contribution < -0.4 is 0 Å².